The fourth-order valence-corrected chi connectivity index (χ4v) is 3.55. The molecule has 156 valence electrons. The Morgan fingerprint density at radius 1 is 1.03 bits per heavy atom. The topological polar surface area (TPSA) is 55.2 Å². The first kappa shape index (κ1) is 20.5. The third kappa shape index (κ3) is 3.84. The minimum absolute atomic E-state index is 0.206. The Balaban J connectivity index is 1.87. The summed E-state index contributed by atoms with van der Waals surface area (Å²) in [5, 5.41) is 0.498. The zero-order valence-electron chi connectivity index (χ0n) is 17.5. The van der Waals surface area contributed by atoms with Crippen molar-refractivity contribution in [3.8, 4) is 5.69 Å². The van der Waals surface area contributed by atoms with Gasteiger partial charge in [-0.25, -0.2) is 9.37 Å². The van der Waals surface area contributed by atoms with Crippen molar-refractivity contribution in [1.82, 2.24) is 14.5 Å². The van der Waals surface area contributed by atoms with E-state index in [1.54, 1.807) is 42.8 Å². The van der Waals surface area contributed by atoms with Gasteiger partial charge in [0.05, 0.1) is 22.6 Å². The predicted molar refractivity (Wildman–Crippen MR) is 119 cm³/mol. The smallest absolute Gasteiger partial charge is 0.266 e. The van der Waals surface area contributed by atoms with Crippen molar-refractivity contribution >= 4 is 16.8 Å². The number of hydrogen-bond acceptors (Lipinski definition) is 3. The van der Waals surface area contributed by atoms with Crippen LogP contribution in [-0.2, 0) is 0 Å². The maximum absolute atomic E-state index is 13.6. The molecule has 1 aromatic heterocycles. The number of para-hydroxylation sites is 1. The fourth-order valence-electron chi connectivity index (χ4n) is 3.55. The highest BCUT2D eigenvalue weighted by Crippen LogP contribution is 2.23. The van der Waals surface area contributed by atoms with E-state index in [0.29, 0.717) is 22.4 Å². The van der Waals surface area contributed by atoms with E-state index in [1.807, 2.05) is 37.3 Å². The number of hydrogen-bond donors (Lipinski definition) is 0. The first-order valence-corrected chi connectivity index (χ1v) is 9.98. The lowest BCUT2D eigenvalue weighted by molar-refractivity contribution is 0.0734. The minimum atomic E-state index is -0.547. The molecule has 0 saturated carbocycles. The van der Waals surface area contributed by atoms with E-state index in [9.17, 15) is 14.0 Å². The van der Waals surface area contributed by atoms with E-state index in [4.69, 9.17) is 4.98 Å². The van der Waals surface area contributed by atoms with Gasteiger partial charge in [-0.2, -0.15) is 0 Å². The van der Waals surface area contributed by atoms with Gasteiger partial charge in [0.25, 0.3) is 11.5 Å². The first-order valence-electron chi connectivity index (χ1n) is 9.98. The zero-order valence-corrected chi connectivity index (χ0v) is 17.5. The molecule has 3 aromatic carbocycles. The third-order valence-electron chi connectivity index (χ3n) is 5.44. The molecule has 1 atom stereocenters. The normalized spacial score (nSPS) is 12.0. The van der Waals surface area contributed by atoms with Gasteiger partial charge in [-0.15, -0.1) is 0 Å². The maximum atomic E-state index is 13.6. The Morgan fingerprint density at radius 3 is 2.45 bits per heavy atom. The molecule has 0 N–H and O–H groups in total. The van der Waals surface area contributed by atoms with E-state index in [0.717, 1.165) is 5.56 Å². The highest BCUT2D eigenvalue weighted by atomic mass is 19.1. The van der Waals surface area contributed by atoms with Crippen molar-refractivity contribution in [2.45, 2.75) is 19.9 Å². The number of carbonyl (C=O) groups is 1. The van der Waals surface area contributed by atoms with E-state index >= 15 is 0 Å². The van der Waals surface area contributed by atoms with E-state index < -0.39 is 11.9 Å². The van der Waals surface area contributed by atoms with E-state index in [-0.39, 0.29) is 17.0 Å². The molecule has 6 heteroatoms. The van der Waals surface area contributed by atoms with Crippen LogP contribution in [0.5, 0.6) is 0 Å². The van der Waals surface area contributed by atoms with Gasteiger partial charge in [0.15, 0.2) is 0 Å². The Bertz CT molecular complexity index is 1330. The van der Waals surface area contributed by atoms with Crippen LogP contribution in [0.3, 0.4) is 0 Å². The minimum Gasteiger partial charge on any atom is -0.332 e. The van der Waals surface area contributed by atoms with Crippen LogP contribution in [0.4, 0.5) is 4.39 Å². The van der Waals surface area contributed by atoms with Crippen molar-refractivity contribution in [2.75, 3.05) is 7.05 Å². The second-order valence-electron chi connectivity index (χ2n) is 7.57. The first-order chi connectivity index (χ1) is 14.9. The summed E-state index contributed by atoms with van der Waals surface area (Å²) in [6.07, 6.45) is 0. The molecule has 0 aliphatic heterocycles. The Morgan fingerprint density at radius 2 is 1.74 bits per heavy atom. The molecule has 0 aliphatic rings. The zero-order chi connectivity index (χ0) is 22.1. The third-order valence-corrected chi connectivity index (χ3v) is 5.44. The molecule has 0 aliphatic carbocycles. The summed E-state index contributed by atoms with van der Waals surface area (Å²) in [4.78, 5) is 32.6. The Kier molecular flexibility index (Phi) is 5.38. The highest BCUT2D eigenvalue weighted by molar-refractivity contribution is 5.94. The van der Waals surface area contributed by atoms with Crippen LogP contribution in [0.25, 0.3) is 16.6 Å². The second kappa shape index (κ2) is 8.14. The molecule has 0 radical (unpaired) electrons. The lowest BCUT2D eigenvalue weighted by Crippen LogP contribution is -2.35. The molecule has 31 heavy (non-hydrogen) atoms. The summed E-state index contributed by atoms with van der Waals surface area (Å²) < 4.78 is 15.2. The van der Waals surface area contributed by atoms with Crippen LogP contribution in [-0.4, -0.2) is 27.4 Å². The molecule has 4 rings (SSSR count). The molecule has 1 heterocycles. The molecule has 0 bridgehead atoms. The fraction of sp³-hybridized carbons (Fsp3) is 0.160. The van der Waals surface area contributed by atoms with Gasteiger partial charge in [0.2, 0.25) is 0 Å². The number of halogens is 1. The monoisotopic (exact) mass is 415 g/mol. The average Bonchev–Trinajstić information content (AvgIpc) is 2.78. The number of benzene rings is 3. The average molecular weight is 415 g/mol. The lowest BCUT2D eigenvalue weighted by Gasteiger charge is -2.27. The van der Waals surface area contributed by atoms with E-state index in [1.165, 1.54) is 23.1 Å². The SMILES string of the molecule is Cc1ccc(-n2c(C(C)N(C)C(=O)c3cccc(F)c3)nc3ccccc3c2=O)cc1. The summed E-state index contributed by atoms with van der Waals surface area (Å²) in [6.45, 7) is 3.78. The summed E-state index contributed by atoms with van der Waals surface area (Å²) >= 11 is 0. The molecule has 0 spiro atoms. The van der Waals surface area contributed by atoms with Crippen LogP contribution in [0.15, 0.2) is 77.6 Å². The lowest BCUT2D eigenvalue weighted by atomic mass is 10.1. The van der Waals surface area contributed by atoms with Crippen molar-refractivity contribution in [3.05, 3.63) is 106 Å². The van der Waals surface area contributed by atoms with Crippen LogP contribution < -0.4 is 5.56 Å². The predicted octanol–water partition coefficient (Wildman–Crippen LogP) is 4.67. The summed E-state index contributed by atoms with van der Waals surface area (Å²) in [5.74, 6) is -0.406. The molecule has 0 saturated heterocycles. The van der Waals surface area contributed by atoms with Crippen molar-refractivity contribution in [1.29, 1.82) is 0 Å². The van der Waals surface area contributed by atoms with Gasteiger partial charge in [-0.05, 0) is 56.3 Å². The van der Waals surface area contributed by atoms with Crippen LogP contribution in [0.1, 0.15) is 34.7 Å². The van der Waals surface area contributed by atoms with Gasteiger partial charge < -0.3 is 4.90 Å². The van der Waals surface area contributed by atoms with Gasteiger partial charge >= 0.3 is 0 Å². The summed E-state index contributed by atoms with van der Waals surface area (Å²) in [6, 6.07) is 19.7. The Hall–Kier alpha value is -3.80. The number of carbonyl (C=O) groups excluding carboxylic acids is 1. The Labute approximate surface area is 179 Å². The standard InChI is InChI=1S/C25H22FN3O2/c1-16-11-13-20(14-12-16)29-23(27-22-10-5-4-9-21(22)25(29)31)17(2)28(3)24(30)18-7-6-8-19(26)15-18/h4-15,17H,1-3H3. The number of rotatable bonds is 4. The largest absolute Gasteiger partial charge is 0.332 e. The molecular weight excluding hydrogens is 393 g/mol. The molecular formula is C25H22FN3O2. The van der Waals surface area contributed by atoms with Crippen LogP contribution in [0.2, 0.25) is 0 Å². The number of aromatic nitrogens is 2. The summed E-state index contributed by atoms with van der Waals surface area (Å²) in [7, 11) is 1.62. The molecule has 5 nitrogen and oxygen atoms in total. The molecule has 1 amide bonds. The molecule has 0 fully saturated rings. The maximum Gasteiger partial charge on any atom is 0.266 e. The van der Waals surface area contributed by atoms with Crippen molar-refractivity contribution < 1.29 is 9.18 Å². The number of aryl methyl sites for hydroxylation is 1. The highest BCUT2D eigenvalue weighted by Gasteiger charge is 2.25. The van der Waals surface area contributed by atoms with Gasteiger partial charge in [0.1, 0.15) is 11.6 Å². The van der Waals surface area contributed by atoms with Crippen LogP contribution in [0, 0.1) is 12.7 Å². The number of nitrogens with zero attached hydrogens (tertiary/aromatic N) is 3. The second-order valence-corrected chi connectivity index (χ2v) is 7.57. The number of fused-ring (bicyclic) bond motifs is 1. The van der Waals surface area contributed by atoms with Crippen LogP contribution >= 0.6 is 0 Å². The quantitative estimate of drug-likeness (QED) is 0.487. The molecule has 1 unspecified atom stereocenters. The van der Waals surface area contributed by atoms with Gasteiger partial charge in [0, 0.05) is 12.6 Å². The molecule has 4 aromatic rings. The van der Waals surface area contributed by atoms with E-state index in [2.05, 4.69) is 0 Å². The van der Waals surface area contributed by atoms with Gasteiger partial charge in [-0.3, -0.25) is 14.2 Å². The van der Waals surface area contributed by atoms with Gasteiger partial charge in [-0.1, -0.05) is 35.9 Å². The summed E-state index contributed by atoms with van der Waals surface area (Å²) in [5.41, 5.74) is 2.33. The van der Waals surface area contributed by atoms with Crippen molar-refractivity contribution in [3.63, 3.8) is 0 Å². The number of amides is 1. The van der Waals surface area contributed by atoms with Crippen molar-refractivity contribution in [2.24, 2.45) is 0 Å².